The molecule has 3 nitrogen and oxygen atoms in total. The van der Waals surface area contributed by atoms with Gasteiger partial charge in [-0.2, -0.15) is 5.10 Å². The Bertz CT molecular complexity index is 369. The Hall–Kier alpha value is -0.540. The first-order chi connectivity index (χ1) is 7.58. The molecular formula is C12H20ClN3. The maximum Gasteiger partial charge on any atom is 0.131 e. The summed E-state index contributed by atoms with van der Waals surface area (Å²) in [5.74, 6) is 0.903. The second kappa shape index (κ2) is 4.76. The van der Waals surface area contributed by atoms with Crippen molar-refractivity contribution in [2.24, 2.45) is 13.0 Å². The van der Waals surface area contributed by atoms with Crippen LogP contribution in [0.1, 0.15) is 30.5 Å². The first-order valence-electron chi connectivity index (χ1n) is 5.94. The van der Waals surface area contributed by atoms with Crippen molar-refractivity contribution in [3.8, 4) is 0 Å². The van der Waals surface area contributed by atoms with E-state index in [2.05, 4.69) is 17.0 Å². The van der Waals surface area contributed by atoms with Gasteiger partial charge in [0.25, 0.3) is 0 Å². The van der Waals surface area contributed by atoms with Gasteiger partial charge in [-0.25, -0.2) is 0 Å². The molecule has 0 amide bonds. The molecule has 0 bridgehead atoms. The predicted molar refractivity (Wildman–Crippen MR) is 66.6 cm³/mol. The summed E-state index contributed by atoms with van der Waals surface area (Å²) in [5, 5.41) is 5.11. The van der Waals surface area contributed by atoms with Crippen molar-refractivity contribution in [3.63, 3.8) is 0 Å². The minimum absolute atomic E-state index is 0.776. The van der Waals surface area contributed by atoms with Gasteiger partial charge >= 0.3 is 0 Å². The van der Waals surface area contributed by atoms with E-state index in [0.29, 0.717) is 0 Å². The van der Waals surface area contributed by atoms with E-state index >= 15 is 0 Å². The molecule has 16 heavy (non-hydrogen) atoms. The van der Waals surface area contributed by atoms with Gasteiger partial charge in [0.15, 0.2) is 0 Å². The summed E-state index contributed by atoms with van der Waals surface area (Å²) >= 11 is 6.22. The zero-order valence-electron chi connectivity index (χ0n) is 10.3. The number of hydrogen-bond acceptors (Lipinski definition) is 2. The van der Waals surface area contributed by atoms with Crippen LogP contribution in [0.5, 0.6) is 0 Å². The Kier molecular flexibility index (Phi) is 3.55. The lowest BCUT2D eigenvalue weighted by Crippen LogP contribution is -2.29. The lowest BCUT2D eigenvalue weighted by Gasteiger charge is -2.30. The van der Waals surface area contributed by atoms with Crippen molar-refractivity contribution in [1.29, 1.82) is 0 Å². The number of halogens is 1. The lowest BCUT2D eigenvalue weighted by molar-refractivity contribution is 0.200. The number of rotatable bonds is 4. The highest BCUT2D eigenvalue weighted by Gasteiger charge is 2.20. The molecule has 4 heteroatoms. The summed E-state index contributed by atoms with van der Waals surface area (Å²) in [6.07, 6.45) is 4.19. The van der Waals surface area contributed by atoms with Crippen molar-refractivity contribution in [2.45, 2.75) is 32.7 Å². The molecule has 1 aliphatic carbocycles. The summed E-state index contributed by atoms with van der Waals surface area (Å²) in [4.78, 5) is 2.36. The molecule has 0 radical (unpaired) electrons. The maximum atomic E-state index is 6.22. The third kappa shape index (κ3) is 2.41. The van der Waals surface area contributed by atoms with Crippen molar-refractivity contribution < 1.29 is 0 Å². The minimum atomic E-state index is 0.776. The molecular weight excluding hydrogens is 222 g/mol. The van der Waals surface area contributed by atoms with E-state index in [-0.39, 0.29) is 0 Å². The predicted octanol–water partition coefficient (Wildman–Crippen LogP) is 2.61. The standard InChI is InChI=1S/C12H20ClN3/c1-9-11(12(13)16(3)14-9)8-15(2)7-10-5-4-6-10/h10H,4-8H2,1-3H3. The molecule has 1 aromatic heterocycles. The molecule has 0 saturated heterocycles. The highest BCUT2D eigenvalue weighted by molar-refractivity contribution is 6.30. The quantitative estimate of drug-likeness (QED) is 0.808. The molecule has 1 saturated carbocycles. The van der Waals surface area contributed by atoms with Crippen LogP contribution in [0.4, 0.5) is 0 Å². The van der Waals surface area contributed by atoms with Gasteiger partial charge in [-0.15, -0.1) is 0 Å². The monoisotopic (exact) mass is 241 g/mol. The van der Waals surface area contributed by atoms with Gasteiger partial charge in [-0.1, -0.05) is 18.0 Å². The summed E-state index contributed by atoms with van der Waals surface area (Å²) in [6.45, 7) is 4.12. The Morgan fingerprint density at radius 1 is 1.50 bits per heavy atom. The first-order valence-corrected chi connectivity index (χ1v) is 6.32. The molecule has 0 aromatic carbocycles. The van der Waals surface area contributed by atoms with E-state index in [1.165, 1.54) is 31.4 Å². The Morgan fingerprint density at radius 3 is 2.62 bits per heavy atom. The van der Waals surface area contributed by atoms with Gasteiger partial charge < -0.3 is 4.90 Å². The fourth-order valence-corrected chi connectivity index (χ4v) is 2.54. The van der Waals surface area contributed by atoms with E-state index < -0.39 is 0 Å². The molecule has 0 N–H and O–H groups in total. The van der Waals surface area contributed by atoms with E-state index in [1.807, 2.05) is 14.0 Å². The van der Waals surface area contributed by atoms with E-state index in [4.69, 9.17) is 11.6 Å². The van der Waals surface area contributed by atoms with Crippen molar-refractivity contribution in [3.05, 3.63) is 16.4 Å². The summed E-state index contributed by atoms with van der Waals surface area (Å²) in [7, 11) is 4.06. The molecule has 0 aliphatic heterocycles. The van der Waals surface area contributed by atoms with Crippen LogP contribution >= 0.6 is 11.6 Å². The molecule has 1 fully saturated rings. The van der Waals surface area contributed by atoms with Crippen LogP contribution < -0.4 is 0 Å². The Labute approximate surface area is 102 Å². The van der Waals surface area contributed by atoms with Gasteiger partial charge in [-0.05, 0) is 32.7 Å². The molecule has 0 spiro atoms. The third-order valence-electron chi connectivity index (χ3n) is 3.49. The van der Waals surface area contributed by atoms with Crippen LogP contribution in [0.2, 0.25) is 5.15 Å². The average molecular weight is 242 g/mol. The number of aromatic nitrogens is 2. The van der Waals surface area contributed by atoms with E-state index in [0.717, 1.165) is 23.3 Å². The fourth-order valence-electron chi connectivity index (χ4n) is 2.30. The second-order valence-corrected chi connectivity index (χ2v) is 5.33. The number of aryl methyl sites for hydroxylation is 2. The fraction of sp³-hybridized carbons (Fsp3) is 0.750. The highest BCUT2D eigenvalue weighted by atomic mass is 35.5. The van der Waals surface area contributed by atoms with Crippen LogP contribution in [0, 0.1) is 12.8 Å². The van der Waals surface area contributed by atoms with Gasteiger partial charge in [0.05, 0.1) is 5.69 Å². The van der Waals surface area contributed by atoms with Gasteiger partial charge in [0.2, 0.25) is 0 Å². The highest BCUT2D eigenvalue weighted by Crippen LogP contribution is 2.28. The molecule has 1 aromatic rings. The molecule has 1 aliphatic rings. The Morgan fingerprint density at radius 2 is 2.19 bits per heavy atom. The second-order valence-electron chi connectivity index (χ2n) is 4.97. The van der Waals surface area contributed by atoms with Crippen LogP contribution in [0.3, 0.4) is 0 Å². The largest absolute Gasteiger partial charge is 0.302 e. The SMILES string of the molecule is Cc1nn(C)c(Cl)c1CN(C)CC1CCC1. The van der Waals surface area contributed by atoms with Crippen LogP contribution in [0.25, 0.3) is 0 Å². The van der Waals surface area contributed by atoms with Gasteiger partial charge in [-0.3, -0.25) is 4.68 Å². The average Bonchev–Trinajstić information content (AvgIpc) is 2.39. The van der Waals surface area contributed by atoms with Gasteiger partial charge in [0, 0.05) is 25.7 Å². The summed E-state index contributed by atoms with van der Waals surface area (Å²) in [5.41, 5.74) is 2.22. The molecule has 90 valence electrons. The zero-order chi connectivity index (χ0) is 11.7. The third-order valence-corrected chi connectivity index (χ3v) is 3.97. The molecule has 0 unspecified atom stereocenters. The van der Waals surface area contributed by atoms with Gasteiger partial charge in [0.1, 0.15) is 5.15 Å². The maximum absolute atomic E-state index is 6.22. The van der Waals surface area contributed by atoms with Crippen molar-refractivity contribution in [1.82, 2.24) is 14.7 Å². The summed E-state index contributed by atoms with van der Waals surface area (Å²) < 4.78 is 1.75. The van der Waals surface area contributed by atoms with Crippen LogP contribution in [-0.2, 0) is 13.6 Å². The molecule has 1 heterocycles. The van der Waals surface area contributed by atoms with E-state index in [9.17, 15) is 0 Å². The zero-order valence-corrected chi connectivity index (χ0v) is 11.1. The van der Waals surface area contributed by atoms with E-state index in [1.54, 1.807) is 4.68 Å². The molecule has 0 atom stereocenters. The number of hydrogen-bond donors (Lipinski definition) is 0. The van der Waals surface area contributed by atoms with Crippen LogP contribution in [0.15, 0.2) is 0 Å². The van der Waals surface area contributed by atoms with Crippen molar-refractivity contribution >= 4 is 11.6 Å². The first kappa shape index (κ1) is 11.9. The normalized spacial score (nSPS) is 16.8. The van der Waals surface area contributed by atoms with Crippen molar-refractivity contribution in [2.75, 3.05) is 13.6 Å². The molecule has 2 rings (SSSR count). The van der Waals surface area contributed by atoms with Crippen LogP contribution in [-0.4, -0.2) is 28.3 Å². The topological polar surface area (TPSA) is 21.1 Å². The Balaban J connectivity index is 1.96. The minimum Gasteiger partial charge on any atom is -0.302 e. The number of nitrogens with zero attached hydrogens (tertiary/aromatic N) is 3. The lowest BCUT2D eigenvalue weighted by atomic mass is 9.85. The summed E-state index contributed by atoms with van der Waals surface area (Å²) in [6, 6.07) is 0. The smallest absolute Gasteiger partial charge is 0.131 e.